The summed E-state index contributed by atoms with van der Waals surface area (Å²) in [5.74, 6) is 0. The number of alkyl halides is 9. The van der Waals surface area contributed by atoms with Crippen LogP contribution in [-0.2, 0) is 0 Å². The average molecular weight is 835 g/mol. The van der Waals surface area contributed by atoms with Gasteiger partial charge in [-0.3, -0.25) is 4.90 Å². The van der Waals surface area contributed by atoms with E-state index in [9.17, 15) is 0 Å². The summed E-state index contributed by atoms with van der Waals surface area (Å²) in [7, 11) is 0. The number of hydrogen-bond donors (Lipinski definition) is 0. The van der Waals surface area contributed by atoms with Gasteiger partial charge >= 0.3 is 0 Å². The number of halogens is 9. The molecule has 1 aliphatic heterocycles. The molecule has 0 atom stereocenters. The van der Waals surface area contributed by atoms with Gasteiger partial charge in [0.15, 0.2) is 4.29 Å². The van der Waals surface area contributed by atoms with E-state index in [0.717, 1.165) is 0 Å². The zero-order valence-electron chi connectivity index (χ0n) is 7.90. The van der Waals surface area contributed by atoms with E-state index in [4.69, 9.17) is 0 Å². The highest BCUT2D eigenvalue weighted by molar-refractivity contribution is 9.41. The first-order valence-electron chi connectivity index (χ1n) is 3.90. The van der Waals surface area contributed by atoms with E-state index < -0.39 is 12.2 Å². The summed E-state index contributed by atoms with van der Waals surface area (Å²) in [5.41, 5.74) is -0.964. The molecule has 0 aliphatic carbocycles. The highest BCUT2D eigenvalue weighted by Crippen LogP contribution is 2.60. The second-order valence-electron chi connectivity index (χ2n) is 3.03. The van der Waals surface area contributed by atoms with Crippen LogP contribution in [0.2, 0.25) is 0 Å². The molecule has 3 nitrogen and oxygen atoms in total. The minimum Gasteiger partial charge on any atom is -0.289 e. The summed E-state index contributed by atoms with van der Waals surface area (Å²) in [5, 5.41) is 0. The normalized spacial score (nSPS) is 20.4. The predicted molar refractivity (Wildman–Crippen MR) is 110 cm³/mol. The topological polar surface area (TPSA) is 28.0 Å². The van der Waals surface area contributed by atoms with Gasteiger partial charge < -0.3 is 0 Å². The van der Waals surface area contributed by atoms with E-state index in [0.29, 0.717) is 0 Å². The van der Waals surface area contributed by atoms with Crippen LogP contribution >= 0.6 is 143 Å². The van der Waals surface area contributed by atoms with Crippen molar-refractivity contribution >= 4 is 156 Å². The lowest BCUT2D eigenvalue weighted by molar-refractivity contribution is 0.492. The Morgan fingerprint density at radius 3 is 1.28 bits per heavy atom. The fraction of sp³-hybridized carbons (Fsp3) is 0.667. The number of aliphatic imine (C=N–C) groups is 2. The molecule has 0 radical (unpaired) electrons. The monoisotopic (exact) mass is 826 g/mol. The minimum absolute atomic E-state index is 0.632. The molecule has 0 aromatic carbocycles. The highest BCUT2D eigenvalue weighted by atomic mass is 80.0. The lowest BCUT2D eigenvalue weighted by Crippen LogP contribution is -2.52. The van der Waals surface area contributed by atoms with Gasteiger partial charge in [-0.15, -0.1) is 0 Å². The van der Waals surface area contributed by atoms with Gasteiger partial charge in [0.2, 0.25) is 7.93 Å². The van der Waals surface area contributed by atoms with Crippen LogP contribution in [0.5, 0.6) is 0 Å². The summed E-state index contributed by atoms with van der Waals surface area (Å²) in [6.07, 6.45) is 3.25. The molecule has 0 spiro atoms. The second-order valence-corrected chi connectivity index (χ2v) is 23.2. The molecule has 0 aromatic heterocycles. The molecule has 12 heteroatoms. The van der Waals surface area contributed by atoms with E-state index in [1.807, 2.05) is 0 Å². The Bertz CT molecular complexity index is 343. The Labute approximate surface area is 180 Å². The van der Waals surface area contributed by atoms with Crippen molar-refractivity contribution in [3.63, 3.8) is 0 Å². The lowest BCUT2D eigenvalue weighted by atomic mass is 10.2. The fourth-order valence-corrected chi connectivity index (χ4v) is 6.90. The minimum atomic E-state index is -0.964. The van der Waals surface area contributed by atoms with Gasteiger partial charge in [-0.05, 0) is 47.8 Å². The smallest absolute Gasteiger partial charge is 0.222 e. The van der Waals surface area contributed by atoms with Crippen molar-refractivity contribution in [3.05, 3.63) is 0 Å². The molecule has 0 amide bonds. The first kappa shape index (κ1) is 19.5. The van der Waals surface area contributed by atoms with Gasteiger partial charge in [0.1, 0.15) is 0 Å². The largest absolute Gasteiger partial charge is 0.289 e. The summed E-state index contributed by atoms with van der Waals surface area (Å²) in [6, 6.07) is 0. The molecule has 0 N–H and O–H groups in total. The Balaban J connectivity index is 3.21. The molecule has 1 rings (SSSR count). The Morgan fingerprint density at radius 1 is 0.722 bits per heavy atom. The molecule has 0 aromatic rings. The molecule has 1 aliphatic rings. The van der Waals surface area contributed by atoms with Gasteiger partial charge in [0, 0.05) is 0 Å². The first-order chi connectivity index (χ1) is 7.81. The van der Waals surface area contributed by atoms with Gasteiger partial charge in [-0.25, -0.2) is 9.98 Å². The van der Waals surface area contributed by atoms with Crippen molar-refractivity contribution in [1.82, 2.24) is 4.90 Å². The van der Waals surface area contributed by atoms with Crippen molar-refractivity contribution in [1.29, 1.82) is 0 Å². The standard InChI is InChI=1S/C6H2Br9N3/c7-4(8,9)3(5(10,11)12)16-1-18(2-17-3)6(13,14)15/h1-2H. The maximum absolute atomic E-state index is 4.48. The summed E-state index contributed by atoms with van der Waals surface area (Å²) in [6.45, 7) is 0. The average Bonchev–Trinajstić information content (AvgIpc) is 2.13. The van der Waals surface area contributed by atoms with E-state index in [1.165, 1.54) is 0 Å². The maximum atomic E-state index is 4.48. The molecule has 18 heavy (non-hydrogen) atoms. The van der Waals surface area contributed by atoms with Crippen LogP contribution in [0.4, 0.5) is 0 Å². The van der Waals surface area contributed by atoms with Crippen molar-refractivity contribution in [2.75, 3.05) is 0 Å². The molecular weight excluding hydrogens is 833 g/mol. The fourth-order valence-electron chi connectivity index (χ4n) is 0.939. The van der Waals surface area contributed by atoms with Crippen LogP contribution in [-0.4, -0.2) is 29.8 Å². The third-order valence-corrected chi connectivity index (χ3v) is 6.37. The first-order valence-corrected chi connectivity index (χ1v) is 11.0. The van der Waals surface area contributed by atoms with Gasteiger partial charge in [0.25, 0.3) is 0 Å². The van der Waals surface area contributed by atoms with Crippen molar-refractivity contribution in [3.8, 4) is 0 Å². The van der Waals surface area contributed by atoms with Crippen LogP contribution < -0.4 is 0 Å². The third-order valence-electron chi connectivity index (χ3n) is 1.82. The molecule has 0 bridgehead atoms. The summed E-state index contributed by atoms with van der Waals surface area (Å²) >= 11 is 30.9. The van der Waals surface area contributed by atoms with E-state index in [1.54, 1.807) is 17.6 Å². The lowest BCUT2D eigenvalue weighted by Gasteiger charge is -2.42. The van der Waals surface area contributed by atoms with Crippen LogP contribution in [0.3, 0.4) is 0 Å². The molecule has 0 saturated carbocycles. The third kappa shape index (κ3) is 4.26. The molecule has 0 fully saturated rings. The second kappa shape index (κ2) is 6.52. The van der Waals surface area contributed by atoms with Gasteiger partial charge in [-0.2, -0.15) is 0 Å². The number of hydrogen-bond acceptors (Lipinski definition) is 3. The molecular formula is C6H2Br9N3. The van der Waals surface area contributed by atoms with E-state index in [-0.39, 0.29) is 0 Å². The van der Waals surface area contributed by atoms with Crippen LogP contribution in [0, 0.1) is 0 Å². The molecule has 1 heterocycles. The van der Waals surface area contributed by atoms with Gasteiger partial charge in [0.05, 0.1) is 12.7 Å². The van der Waals surface area contributed by atoms with Crippen molar-refractivity contribution < 1.29 is 0 Å². The number of rotatable bonds is 0. The van der Waals surface area contributed by atoms with Crippen LogP contribution in [0.25, 0.3) is 0 Å². The van der Waals surface area contributed by atoms with Crippen LogP contribution in [0.15, 0.2) is 9.98 Å². The van der Waals surface area contributed by atoms with E-state index in [2.05, 4.69) is 153 Å². The quantitative estimate of drug-likeness (QED) is 0.202. The van der Waals surface area contributed by atoms with Crippen molar-refractivity contribution in [2.45, 2.75) is 12.2 Å². The molecule has 0 unspecified atom stereocenters. The summed E-state index contributed by atoms with van der Waals surface area (Å²) in [4.78, 5) is 10.7. The Hall–Kier alpha value is 3.46. The maximum Gasteiger partial charge on any atom is 0.222 e. The van der Waals surface area contributed by atoms with E-state index >= 15 is 0 Å². The Morgan fingerprint density at radius 2 is 1.06 bits per heavy atom. The predicted octanol–water partition coefficient (Wildman–Crippen LogP) is 6.53. The van der Waals surface area contributed by atoms with Crippen LogP contribution in [0.1, 0.15) is 0 Å². The zero-order chi connectivity index (χ0) is 14.4. The van der Waals surface area contributed by atoms with Gasteiger partial charge in [-0.1, -0.05) is 95.6 Å². The SMILES string of the molecule is BrC(Br)(Br)N1C=NC(C(Br)(Br)Br)(C(Br)(Br)Br)N=C1. The van der Waals surface area contributed by atoms with Crippen molar-refractivity contribution in [2.24, 2.45) is 9.98 Å². The molecule has 104 valence electrons. The summed E-state index contributed by atoms with van der Waals surface area (Å²) < 4.78 is -2.15. The Kier molecular flexibility index (Phi) is 7.07. The zero-order valence-corrected chi connectivity index (χ0v) is 22.2. The highest BCUT2D eigenvalue weighted by Gasteiger charge is 2.60. The number of nitrogens with zero attached hydrogens (tertiary/aromatic N) is 3. The molecule has 0 saturated heterocycles.